The van der Waals surface area contributed by atoms with Crippen molar-refractivity contribution in [1.82, 2.24) is 53.4 Å². The summed E-state index contributed by atoms with van der Waals surface area (Å²) in [5, 5.41) is 18.5. The number of imidazole rings is 3. The first-order valence-electron chi connectivity index (χ1n) is 19.2. The maximum atomic E-state index is 13.2. The minimum absolute atomic E-state index is 0.0187. The van der Waals surface area contributed by atoms with Gasteiger partial charge in [0.05, 0.1) is 24.2 Å². The summed E-state index contributed by atoms with van der Waals surface area (Å²) in [6.07, 6.45) is 10.3. The molecule has 0 radical (unpaired) electrons. The van der Waals surface area contributed by atoms with Gasteiger partial charge in [-0.1, -0.05) is 0 Å². The molecule has 8 N–H and O–H groups in total. The Morgan fingerprint density at radius 3 is 1.48 bits per heavy atom. The van der Waals surface area contributed by atoms with Gasteiger partial charge in [0, 0.05) is 105 Å². The third-order valence-corrected chi connectivity index (χ3v) is 9.33. The van der Waals surface area contributed by atoms with Crippen molar-refractivity contribution in [2.24, 2.45) is 35.2 Å². The molecule has 0 aliphatic heterocycles. The van der Waals surface area contributed by atoms with E-state index >= 15 is 0 Å². The zero-order chi connectivity index (χ0) is 46.2. The van der Waals surface area contributed by atoms with Crippen LogP contribution in [0.15, 0.2) is 61.6 Å². The highest BCUT2D eigenvalue weighted by molar-refractivity contribution is 6.05. The van der Waals surface area contributed by atoms with Crippen molar-refractivity contribution in [3.8, 4) is 0 Å². The molecule has 6 heterocycles. The number of amides is 7. The van der Waals surface area contributed by atoms with E-state index in [0.29, 0.717) is 11.4 Å². The Balaban J connectivity index is 0.920. The lowest BCUT2D eigenvalue weighted by atomic mass is 10.3. The van der Waals surface area contributed by atoms with Gasteiger partial charge < -0.3 is 69.8 Å². The summed E-state index contributed by atoms with van der Waals surface area (Å²) in [7, 11) is 9.27. The van der Waals surface area contributed by atoms with E-state index in [1.54, 1.807) is 52.2 Å². The number of rotatable bonds is 17. The number of hydrogen-bond donors (Lipinski definition) is 8. The highest BCUT2D eigenvalue weighted by Crippen LogP contribution is 2.18. The first-order valence-corrected chi connectivity index (χ1v) is 19.2. The number of methoxy groups -OCH3 is 1. The van der Waals surface area contributed by atoms with Gasteiger partial charge in [-0.05, 0) is 18.2 Å². The molecular weight excluding hydrogens is 837 g/mol. The van der Waals surface area contributed by atoms with Crippen LogP contribution in [0.25, 0.3) is 0 Å². The van der Waals surface area contributed by atoms with Crippen molar-refractivity contribution in [2.75, 3.05) is 46.8 Å². The van der Waals surface area contributed by atoms with Crippen LogP contribution in [0.4, 0.5) is 28.7 Å². The number of aromatic amines is 1. The second-order valence-corrected chi connectivity index (χ2v) is 14.2. The summed E-state index contributed by atoms with van der Waals surface area (Å²) in [6, 6.07) is 4.33. The van der Waals surface area contributed by atoms with Crippen LogP contribution in [-0.4, -0.2) is 110 Å². The summed E-state index contributed by atoms with van der Waals surface area (Å²) >= 11 is 0. The molecule has 25 nitrogen and oxygen atoms in total. The standard InChI is InChI=1S/C39H44N16O9/c1-51-12-11-40-31(51)36(60)45-22-14-25(52(2)17-22)34(58)41-9-8-30(57)48-28-20-55(5)33(50-28)38(62)46-23-15-26(53(3)18-23)35(59)42-10-7-29(56)47-27-19-54(4)32(49-27)37(61)44-21-13-24(43-16-21)39(63)64-6/h11-20,43H,7-10H2,1-6H3,(H,41,58)(H,42,59)(H,44,61)(H,45,60)(H,46,62)(H,47,56)(H,48,57). The molecule has 25 heteroatoms. The van der Waals surface area contributed by atoms with Crippen LogP contribution < -0.4 is 37.2 Å². The number of ether oxygens (including phenoxy) is 1. The van der Waals surface area contributed by atoms with Crippen molar-refractivity contribution in [3.05, 3.63) is 96.1 Å². The minimum atomic E-state index is -0.630. The Kier molecular flexibility index (Phi) is 13.5. The predicted molar refractivity (Wildman–Crippen MR) is 228 cm³/mol. The number of carbonyl (C=O) groups excluding carboxylic acids is 8. The molecule has 334 valence electrons. The monoisotopic (exact) mass is 880 g/mol. The van der Waals surface area contributed by atoms with E-state index in [1.165, 1.54) is 74.6 Å². The molecule has 0 bridgehead atoms. The molecule has 6 aromatic heterocycles. The maximum Gasteiger partial charge on any atom is 0.354 e. The van der Waals surface area contributed by atoms with Gasteiger partial charge in [-0.2, -0.15) is 0 Å². The van der Waals surface area contributed by atoms with Crippen LogP contribution >= 0.6 is 0 Å². The fourth-order valence-electron chi connectivity index (χ4n) is 6.20. The number of hydrogen-bond acceptors (Lipinski definition) is 12. The van der Waals surface area contributed by atoms with E-state index in [2.05, 4.69) is 61.9 Å². The van der Waals surface area contributed by atoms with Gasteiger partial charge in [0.15, 0.2) is 17.5 Å². The van der Waals surface area contributed by atoms with Crippen molar-refractivity contribution in [1.29, 1.82) is 0 Å². The van der Waals surface area contributed by atoms with Gasteiger partial charge >= 0.3 is 5.97 Å². The number of aryl methyl sites for hydroxylation is 5. The van der Waals surface area contributed by atoms with Gasteiger partial charge in [-0.15, -0.1) is 0 Å². The average Bonchev–Trinajstić information content (AvgIpc) is 4.11. The van der Waals surface area contributed by atoms with E-state index in [-0.39, 0.29) is 77.8 Å². The van der Waals surface area contributed by atoms with Gasteiger partial charge in [-0.25, -0.2) is 19.7 Å². The molecule has 0 saturated heterocycles. The van der Waals surface area contributed by atoms with Crippen LogP contribution in [0, 0.1) is 0 Å². The molecular formula is C39H44N16O9. The largest absolute Gasteiger partial charge is 0.464 e. The van der Waals surface area contributed by atoms with E-state index in [9.17, 15) is 38.4 Å². The number of anilines is 5. The zero-order valence-electron chi connectivity index (χ0n) is 35.4. The number of aromatic nitrogens is 9. The summed E-state index contributed by atoms with van der Waals surface area (Å²) in [4.78, 5) is 116. The third kappa shape index (κ3) is 10.7. The second kappa shape index (κ2) is 19.3. The summed E-state index contributed by atoms with van der Waals surface area (Å²) in [5.41, 5.74) is 1.54. The first kappa shape index (κ1) is 44.8. The quantitative estimate of drug-likeness (QED) is 0.0594. The van der Waals surface area contributed by atoms with Gasteiger partial charge in [0.1, 0.15) is 17.1 Å². The highest BCUT2D eigenvalue weighted by atomic mass is 16.5. The lowest BCUT2D eigenvalue weighted by Gasteiger charge is -2.06. The molecule has 64 heavy (non-hydrogen) atoms. The minimum Gasteiger partial charge on any atom is -0.464 e. The molecule has 0 unspecified atom stereocenters. The van der Waals surface area contributed by atoms with Crippen LogP contribution in [0.5, 0.6) is 0 Å². The predicted octanol–water partition coefficient (Wildman–Crippen LogP) is 0.953. The molecule has 0 saturated carbocycles. The van der Waals surface area contributed by atoms with E-state index in [4.69, 9.17) is 0 Å². The molecule has 0 aromatic carbocycles. The number of esters is 1. The molecule has 0 aliphatic carbocycles. The molecule has 6 aromatic rings. The van der Waals surface area contributed by atoms with Crippen LogP contribution in [-0.2, 0) is 49.6 Å². The normalized spacial score (nSPS) is 10.8. The Labute approximate surface area is 363 Å². The molecule has 0 aliphatic rings. The van der Waals surface area contributed by atoms with Gasteiger partial charge in [0.2, 0.25) is 23.5 Å². The highest BCUT2D eigenvalue weighted by Gasteiger charge is 2.21. The zero-order valence-corrected chi connectivity index (χ0v) is 35.4. The van der Waals surface area contributed by atoms with Crippen LogP contribution in [0.3, 0.4) is 0 Å². The molecule has 0 fully saturated rings. The van der Waals surface area contributed by atoms with E-state index in [1.807, 2.05) is 0 Å². The SMILES string of the molecule is COC(=O)c1cc(NC(=O)c2nc(NC(=O)CCNC(=O)c3cc(NC(=O)c4nc(NC(=O)CCNC(=O)c5cc(NC(=O)c6nccn6C)cn5C)cn4C)cn3C)cn2C)c[nH]1. The number of nitrogens with zero attached hydrogens (tertiary/aromatic N) is 8. The fourth-order valence-corrected chi connectivity index (χ4v) is 6.20. The topological polar surface area (TPSA) is 309 Å². The molecule has 0 atom stereocenters. The Hall–Kier alpha value is -8.77. The van der Waals surface area contributed by atoms with Crippen molar-refractivity contribution < 1.29 is 43.1 Å². The third-order valence-electron chi connectivity index (χ3n) is 9.33. The average molecular weight is 881 g/mol. The van der Waals surface area contributed by atoms with E-state index < -0.39 is 47.3 Å². The Bertz CT molecular complexity index is 2780. The van der Waals surface area contributed by atoms with Crippen molar-refractivity contribution in [2.45, 2.75) is 12.8 Å². The lowest BCUT2D eigenvalue weighted by molar-refractivity contribution is -0.116. The summed E-state index contributed by atoms with van der Waals surface area (Å²) < 4.78 is 12.0. The molecule has 6 rings (SSSR count). The smallest absolute Gasteiger partial charge is 0.354 e. The summed E-state index contributed by atoms with van der Waals surface area (Å²) in [6.45, 7) is -0.0700. The van der Waals surface area contributed by atoms with Gasteiger partial charge in [0.25, 0.3) is 29.5 Å². The van der Waals surface area contributed by atoms with Crippen LogP contribution in [0.1, 0.15) is 76.2 Å². The fraction of sp³-hybridized carbons (Fsp3) is 0.256. The van der Waals surface area contributed by atoms with Crippen molar-refractivity contribution in [3.63, 3.8) is 0 Å². The maximum absolute atomic E-state index is 13.2. The van der Waals surface area contributed by atoms with Gasteiger partial charge in [-0.3, -0.25) is 33.6 Å². The summed E-state index contributed by atoms with van der Waals surface area (Å²) in [5.74, 6) is -3.90. The lowest BCUT2D eigenvalue weighted by Crippen LogP contribution is -2.29. The number of nitrogens with one attached hydrogen (secondary N) is 8. The Morgan fingerprint density at radius 1 is 0.562 bits per heavy atom. The molecule has 0 spiro atoms. The van der Waals surface area contributed by atoms with E-state index in [0.717, 1.165) is 0 Å². The number of carbonyl (C=O) groups is 8. The molecule has 7 amide bonds. The second-order valence-electron chi connectivity index (χ2n) is 14.2. The Morgan fingerprint density at radius 2 is 1.03 bits per heavy atom. The number of H-pyrrole nitrogens is 1. The van der Waals surface area contributed by atoms with Crippen LogP contribution in [0.2, 0.25) is 0 Å². The van der Waals surface area contributed by atoms with Crippen molar-refractivity contribution >= 4 is 76.0 Å². The first-order chi connectivity index (χ1) is 30.5.